The van der Waals surface area contributed by atoms with Crippen LogP contribution in [0, 0.1) is 0 Å². The number of benzene rings is 2. The highest BCUT2D eigenvalue weighted by atomic mass is 16.5. The van der Waals surface area contributed by atoms with E-state index in [1.165, 1.54) is 19.6 Å². The van der Waals surface area contributed by atoms with Crippen LogP contribution in [0.15, 0.2) is 42.5 Å². The molecule has 0 aliphatic rings. The van der Waals surface area contributed by atoms with Crippen molar-refractivity contribution in [2.75, 3.05) is 32.8 Å². The molecule has 0 spiro atoms. The van der Waals surface area contributed by atoms with Crippen molar-refractivity contribution in [3.05, 3.63) is 59.2 Å². The number of anilines is 1. The maximum absolute atomic E-state index is 11.4. The zero-order valence-electron chi connectivity index (χ0n) is 18.0. The Bertz CT molecular complexity index is 817. The average molecular weight is 414 g/mol. The Morgan fingerprint density at radius 2 is 1.63 bits per heavy atom. The van der Waals surface area contributed by atoms with Crippen LogP contribution in [0.1, 0.15) is 36.5 Å². The molecule has 0 saturated heterocycles. The first kappa shape index (κ1) is 23.4. The van der Waals surface area contributed by atoms with Crippen molar-refractivity contribution in [3.63, 3.8) is 0 Å². The SMILES string of the molecule is COCCOc1cc(CCC(=O)OC)ccc1CCCc1ccc(NC(C)=O)cc1. The minimum Gasteiger partial charge on any atom is -0.491 e. The molecule has 0 aliphatic carbocycles. The van der Waals surface area contributed by atoms with Crippen LogP contribution in [-0.4, -0.2) is 39.3 Å². The van der Waals surface area contributed by atoms with Gasteiger partial charge in [-0.2, -0.15) is 0 Å². The number of esters is 1. The zero-order valence-corrected chi connectivity index (χ0v) is 18.0. The molecule has 0 fully saturated rings. The highest BCUT2D eigenvalue weighted by molar-refractivity contribution is 5.88. The second-order valence-electron chi connectivity index (χ2n) is 7.09. The zero-order chi connectivity index (χ0) is 21.8. The third-order valence-electron chi connectivity index (χ3n) is 4.71. The Hall–Kier alpha value is -2.86. The molecule has 1 N–H and O–H groups in total. The first-order valence-electron chi connectivity index (χ1n) is 10.2. The quantitative estimate of drug-likeness (QED) is 0.421. The second-order valence-corrected chi connectivity index (χ2v) is 7.09. The Morgan fingerprint density at radius 1 is 0.900 bits per heavy atom. The van der Waals surface area contributed by atoms with E-state index in [-0.39, 0.29) is 11.9 Å². The summed E-state index contributed by atoms with van der Waals surface area (Å²) in [6.45, 7) is 2.50. The summed E-state index contributed by atoms with van der Waals surface area (Å²) in [6.07, 6.45) is 3.76. The van der Waals surface area contributed by atoms with Gasteiger partial charge in [0.25, 0.3) is 0 Å². The largest absolute Gasteiger partial charge is 0.491 e. The summed E-state index contributed by atoms with van der Waals surface area (Å²) in [5.41, 5.74) is 4.22. The van der Waals surface area contributed by atoms with Crippen LogP contribution in [0.3, 0.4) is 0 Å². The van der Waals surface area contributed by atoms with Gasteiger partial charge in [-0.3, -0.25) is 9.59 Å². The van der Waals surface area contributed by atoms with Gasteiger partial charge in [0.15, 0.2) is 0 Å². The van der Waals surface area contributed by atoms with E-state index in [2.05, 4.69) is 11.4 Å². The van der Waals surface area contributed by atoms with E-state index in [1.807, 2.05) is 36.4 Å². The maximum Gasteiger partial charge on any atom is 0.305 e. The van der Waals surface area contributed by atoms with Gasteiger partial charge in [0.1, 0.15) is 12.4 Å². The first-order chi connectivity index (χ1) is 14.5. The molecule has 2 aromatic carbocycles. The topological polar surface area (TPSA) is 73.9 Å². The summed E-state index contributed by atoms with van der Waals surface area (Å²) in [5.74, 6) is 0.555. The smallest absolute Gasteiger partial charge is 0.305 e. The van der Waals surface area contributed by atoms with Crippen molar-refractivity contribution in [2.45, 2.75) is 39.0 Å². The van der Waals surface area contributed by atoms with E-state index < -0.39 is 0 Å². The number of nitrogens with one attached hydrogen (secondary N) is 1. The molecule has 6 heteroatoms. The Labute approximate surface area is 178 Å². The van der Waals surface area contributed by atoms with E-state index in [0.717, 1.165) is 41.8 Å². The molecule has 0 radical (unpaired) electrons. The Morgan fingerprint density at radius 3 is 2.30 bits per heavy atom. The summed E-state index contributed by atoms with van der Waals surface area (Å²) in [4.78, 5) is 22.5. The molecule has 162 valence electrons. The third-order valence-corrected chi connectivity index (χ3v) is 4.71. The number of rotatable bonds is 12. The van der Waals surface area contributed by atoms with Crippen LogP contribution >= 0.6 is 0 Å². The fourth-order valence-corrected chi connectivity index (χ4v) is 3.12. The summed E-state index contributed by atoms with van der Waals surface area (Å²) >= 11 is 0. The molecular weight excluding hydrogens is 382 g/mol. The predicted octanol–water partition coefficient (Wildman–Crippen LogP) is 3.95. The van der Waals surface area contributed by atoms with Gasteiger partial charge in [0, 0.05) is 26.1 Å². The fraction of sp³-hybridized carbons (Fsp3) is 0.417. The summed E-state index contributed by atoms with van der Waals surface area (Å²) < 4.78 is 15.7. The molecule has 1 amide bonds. The standard InChI is InChI=1S/C24H31NO5/c1-18(26)25-22-12-8-19(9-13-22)5-4-6-21-11-7-20(10-14-24(27)29-3)17-23(21)30-16-15-28-2/h7-9,11-13,17H,4-6,10,14-16H2,1-3H3,(H,25,26). The predicted molar refractivity (Wildman–Crippen MR) is 117 cm³/mol. The number of aryl methyl sites for hydroxylation is 3. The van der Waals surface area contributed by atoms with Crippen LogP contribution in [-0.2, 0) is 38.3 Å². The molecule has 0 atom stereocenters. The van der Waals surface area contributed by atoms with Crippen molar-refractivity contribution < 1.29 is 23.8 Å². The number of amides is 1. The van der Waals surface area contributed by atoms with Gasteiger partial charge >= 0.3 is 5.97 Å². The van der Waals surface area contributed by atoms with Crippen molar-refractivity contribution >= 4 is 17.6 Å². The molecule has 0 heterocycles. The van der Waals surface area contributed by atoms with E-state index >= 15 is 0 Å². The number of hydrogen-bond acceptors (Lipinski definition) is 5. The Kier molecular flexibility index (Phi) is 9.87. The number of hydrogen-bond donors (Lipinski definition) is 1. The molecule has 0 unspecified atom stereocenters. The lowest BCUT2D eigenvalue weighted by Gasteiger charge is -2.13. The minimum atomic E-state index is -0.217. The minimum absolute atomic E-state index is 0.0706. The number of ether oxygens (including phenoxy) is 3. The van der Waals surface area contributed by atoms with Crippen LogP contribution < -0.4 is 10.1 Å². The summed E-state index contributed by atoms with van der Waals surface area (Å²) in [7, 11) is 3.05. The van der Waals surface area contributed by atoms with Gasteiger partial charge < -0.3 is 19.5 Å². The molecule has 2 aromatic rings. The van der Waals surface area contributed by atoms with Crippen molar-refractivity contribution in [1.82, 2.24) is 0 Å². The number of carbonyl (C=O) groups is 2. The molecule has 0 bridgehead atoms. The van der Waals surface area contributed by atoms with Crippen LogP contribution in [0.2, 0.25) is 0 Å². The van der Waals surface area contributed by atoms with Crippen LogP contribution in [0.5, 0.6) is 5.75 Å². The average Bonchev–Trinajstić information content (AvgIpc) is 2.74. The molecule has 0 aromatic heterocycles. The molecule has 6 nitrogen and oxygen atoms in total. The molecule has 30 heavy (non-hydrogen) atoms. The van der Waals surface area contributed by atoms with Gasteiger partial charge in [0.2, 0.25) is 5.91 Å². The van der Waals surface area contributed by atoms with Gasteiger partial charge in [-0.15, -0.1) is 0 Å². The molecule has 0 aliphatic heterocycles. The first-order valence-corrected chi connectivity index (χ1v) is 10.2. The second kappa shape index (κ2) is 12.6. The van der Waals surface area contributed by atoms with E-state index in [4.69, 9.17) is 14.2 Å². The maximum atomic E-state index is 11.4. The lowest BCUT2D eigenvalue weighted by Crippen LogP contribution is -2.07. The highest BCUT2D eigenvalue weighted by Gasteiger charge is 2.08. The van der Waals surface area contributed by atoms with Crippen LogP contribution in [0.25, 0.3) is 0 Å². The van der Waals surface area contributed by atoms with E-state index in [9.17, 15) is 9.59 Å². The van der Waals surface area contributed by atoms with Gasteiger partial charge in [-0.05, 0) is 60.6 Å². The normalized spacial score (nSPS) is 10.5. The molecule has 0 saturated carbocycles. The van der Waals surface area contributed by atoms with Gasteiger partial charge in [-0.25, -0.2) is 0 Å². The third kappa shape index (κ3) is 8.25. The van der Waals surface area contributed by atoms with Crippen molar-refractivity contribution in [3.8, 4) is 5.75 Å². The summed E-state index contributed by atoms with van der Waals surface area (Å²) in [6, 6.07) is 14.1. The van der Waals surface area contributed by atoms with E-state index in [1.54, 1.807) is 7.11 Å². The number of methoxy groups -OCH3 is 2. The van der Waals surface area contributed by atoms with Gasteiger partial charge in [0.05, 0.1) is 13.7 Å². The van der Waals surface area contributed by atoms with E-state index in [0.29, 0.717) is 26.1 Å². The van der Waals surface area contributed by atoms with Crippen molar-refractivity contribution in [2.24, 2.45) is 0 Å². The van der Waals surface area contributed by atoms with Crippen LogP contribution in [0.4, 0.5) is 5.69 Å². The van der Waals surface area contributed by atoms with Crippen molar-refractivity contribution in [1.29, 1.82) is 0 Å². The Balaban J connectivity index is 1.96. The monoisotopic (exact) mass is 413 g/mol. The summed E-state index contributed by atoms with van der Waals surface area (Å²) in [5, 5.41) is 2.78. The lowest BCUT2D eigenvalue weighted by atomic mass is 10.0. The number of carbonyl (C=O) groups excluding carboxylic acids is 2. The molecular formula is C24H31NO5. The molecule has 2 rings (SSSR count). The fourth-order valence-electron chi connectivity index (χ4n) is 3.12. The van der Waals surface area contributed by atoms with Gasteiger partial charge in [-0.1, -0.05) is 24.3 Å². The highest BCUT2D eigenvalue weighted by Crippen LogP contribution is 2.24. The lowest BCUT2D eigenvalue weighted by molar-refractivity contribution is -0.140.